The van der Waals surface area contributed by atoms with Crippen molar-refractivity contribution in [1.29, 1.82) is 5.26 Å². The lowest BCUT2D eigenvalue weighted by Crippen LogP contribution is -1.90. The van der Waals surface area contributed by atoms with E-state index < -0.39 is 0 Å². The minimum absolute atomic E-state index is 0.690. The van der Waals surface area contributed by atoms with Crippen LogP contribution in [0.3, 0.4) is 0 Å². The Morgan fingerprint density at radius 3 is 1.71 bits per heavy atom. The van der Waals surface area contributed by atoms with E-state index in [2.05, 4.69) is 30.3 Å². The number of fused-ring (bicyclic) bond motifs is 3. The molecule has 0 fully saturated rings. The molecule has 0 aromatic heterocycles. The van der Waals surface area contributed by atoms with Gasteiger partial charge in [0, 0.05) is 5.57 Å². The fourth-order valence-corrected chi connectivity index (χ4v) is 3.31. The molecule has 4 rings (SSSR count). The van der Waals surface area contributed by atoms with Gasteiger partial charge in [0.2, 0.25) is 0 Å². The highest BCUT2D eigenvalue weighted by atomic mass is 16.5. The first-order chi connectivity index (χ1) is 11.8. The maximum Gasteiger partial charge on any atom is 0.118 e. The average molecular weight is 309 g/mol. The van der Waals surface area contributed by atoms with Gasteiger partial charge in [-0.3, -0.25) is 0 Å². The molecule has 0 aliphatic heterocycles. The van der Waals surface area contributed by atoms with Crippen LogP contribution in [-0.4, -0.2) is 7.11 Å². The summed E-state index contributed by atoms with van der Waals surface area (Å²) < 4.78 is 5.22. The maximum absolute atomic E-state index is 9.88. The molecule has 0 amide bonds. The van der Waals surface area contributed by atoms with E-state index in [0.717, 1.165) is 28.0 Å². The summed E-state index contributed by atoms with van der Waals surface area (Å²) in [6, 6.07) is 26.6. The van der Waals surface area contributed by atoms with Crippen LogP contribution in [-0.2, 0) is 0 Å². The second kappa shape index (κ2) is 5.72. The summed E-state index contributed by atoms with van der Waals surface area (Å²) in [4.78, 5) is 0. The van der Waals surface area contributed by atoms with Gasteiger partial charge in [0.1, 0.15) is 11.8 Å². The molecule has 3 aromatic rings. The molecule has 0 saturated carbocycles. The molecule has 0 atom stereocenters. The van der Waals surface area contributed by atoms with Crippen molar-refractivity contribution in [2.24, 2.45) is 0 Å². The monoisotopic (exact) mass is 309 g/mol. The molecule has 1 aliphatic rings. The van der Waals surface area contributed by atoms with E-state index in [-0.39, 0.29) is 0 Å². The first-order valence-electron chi connectivity index (χ1n) is 7.81. The summed E-state index contributed by atoms with van der Waals surface area (Å²) in [5, 5.41) is 9.88. The van der Waals surface area contributed by atoms with Crippen LogP contribution >= 0.6 is 0 Å². The van der Waals surface area contributed by atoms with Gasteiger partial charge < -0.3 is 4.74 Å². The van der Waals surface area contributed by atoms with Crippen molar-refractivity contribution in [2.45, 2.75) is 0 Å². The molecule has 2 nitrogen and oxygen atoms in total. The molecule has 0 N–H and O–H groups in total. The van der Waals surface area contributed by atoms with Crippen molar-refractivity contribution in [2.75, 3.05) is 7.11 Å². The number of benzene rings is 3. The van der Waals surface area contributed by atoms with Crippen molar-refractivity contribution in [3.8, 4) is 22.9 Å². The number of ether oxygens (including phenoxy) is 1. The van der Waals surface area contributed by atoms with E-state index in [0.29, 0.717) is 5.57 Å². The zero-order valence-corrected chi connectivity index (χ0v) is 13.3. The van der Waals surface area contributed by atoms with Crippen LogP contribution in [0.4, 0.5) is 0 Å². The van der Waals surface area contributed by atoms with Gasteiger partial charge >= 0.3 is 0 Å². The Morgan fingerprint density at radius 2 is 1.25 bits per heavy atom. The summed E-state index contributed by atoms with van der Waals surface area (Å²) >= 11 is 0. The van der Waals surface area contributed by atoms with Gasteiger partial charge in [-0.1, -0.05) is 48.5 Å². The predicted molar refractivity (Wildman–Crippen MR) is 96.4 cm³/mol. The topological polar surface area (TPSA) is 33.0 Å². The van der Waals surface area contributed by atoms with E-state index in [9.17, 15) is 5.26 Å². The Hall–Kier alpha value is -3.31. The summed E-state index contributed by atoms with van der Waals surface area (Å²) in [7, 11) is 1.64. The van der Waals surface area contributed by atoms with Crippen molar-refractivity contribution in [1.82, 2.24) is 0 Å². The highest BCUT2D eigenvalue weighted by Gasteiger charge is 2.26. The first kappa shape index (κ1) is 14.3. The standard InChI is InChI=1S/C22H15NO/c1-24-16-12-10-15(11-13-16)21(14-23)22-19-8-4-2-6-17(19)18-7-3-5-9-20(18)22/h2-13H,1H3. The Bertz CT molecular complexity index is 943. The van der Waals surface area contributed by atoms with Gasteiger partial charge in [-0.15, -0.1) is 0 Å². The Kier molecular flexibility index (Phi) is 3.40. The van der Waals surface area contributed by atoms with Gasteiger partial charge in [-0.05, 0) is 52.1 Å². The molecular formula is C22H15NO. The van der Waals surface area contributed by atoms with Gasteiger partial charge in [-0.25, -0.2) is 0 Å². The normalized spacial score (nSPS) is 11.4. The molecule has 0 saturated heterocycles. The minimum atomic E-state index is 0.690. The van der Waals surface area contributed by atoms with Gasteiger partial charge in [0.25, 0.3) is 0 Å². The van der Waals surface area contributed by atoms with Crippen LogP contribution in [0.15, 0.2) is 72.8 Å². The molecule has 0 bridgehead atoms. The molecule has 3 aromatic carbocycles. The minimum Gasteiger partial charge on any atom is -0.497 e. The van der Waals surface area contributed by atoms with Crippen LogP contribution in [0, 0.1) is 11.3 Å². The second-order valence-electron chi connectivity index (χ2n) is 5.68. The number of methoxy groups -OCH3 is 1. The Morgan fingerprint density at radius 1 is 0.750 bits per heavy atom. The van der Waals surface area contributed by atoms with Gasteiger partial charge in [0.15, 0.2) is 0 Å². The van der Waals surface area contributed by atoms with Crippen LogP contribution < -0.4 is 4.74 Å². The molecular weight excluding hydrogens is 294 g/mol. The lowest BCUT2D eigenvalue weighted by molar-refractivity contribution is 0.415. The molecule has 2 heteroatoms. The summed E-state index contributed by atoms with van der Waals surface area (Å²) in [5.41, 5.74) is 7.20. The van der Waals surface area contributed by atoms with E-state index in [1.54, 1.807) is 7.11 Å². The lowest BCUT2D eigenvalue weighted by Gasteiger charge is -2.08. The second-order valence-corrected chi connectivity index (χ2v) is 5.68. The predicted octanol–water partition coefficient (Wildman–Crippen LogP) is 5.16. The fraction of sp³-hybridized carbons (Fsp3) is 0.0455. The van der Waals surface area contributed by atoms with Crippen molar-refractivity contribution in [3.05, 3.63) is 89.5 Å². The van der Waals surface area contributed by atoms with E-state index in [4.69, 9.17) is 4.74 Å². The highest BCUT2D eigenvalue weighted by Crippen LogP contribution is 2.47. The SMILES string of the molecule is COc1ccc(C(C#N)=C2c3ccccc3-c3ccccc32)cc1. The molecule has 24 heavy (non-hydrogen) atoms. The molecule has 0 radical (unpaired) electrons. The third kappa shape index (κ3) is 2.11. The number of nitriles is 1. The summed E-state index contributed by atoms with van der Waals surface area (Å²) in [5.74, 6) is 0.785. The maximum atomic E-state index is 9.88. The van der Waals surface area contributed by atoms with Crippen LogP contribution in [0.2, 0.25) is 0 Å². The van der Waals surface area contributed by atoms with E-state index in [1.165, 1.54) is 11.1 Å². The molecule has 0 spiro atoms. The first-order valence-corrected chi connectivity index (χ1v) is 7.81. The summed E-state index contributed by atoms with van der Waals surface area (Å²) in [6.07, 6.45) is 0. The third-order valence-corrected chi connectivity index (χ3v) is 4.42. The smallest absolute Gasteiger partial charge is 0.118 e. The van der Waals surface area contributed by atoms with E-state index in [1.807, 2.05) is 48.5 Å². The summed E-state index contributed by atoms with van der Waals surface area (Å²) in [6.45, 7) is 0. The number of rotatable bonds is 2. The number of allylic oxidation sites excluding steroid dienone is 1. The number of hydrogen-bond donors (Lipinski definition) is 0. The highest BCUT2D eigenvalue weighted by molar-refractivity contribution is 6.13. The van der Waals surface area contributed by atoms with Gasteiger partial charge in [0.05, 0.1) is 12.7 Å². The van der Waals surface area contributed by atoms with Gasteiger partial charge in [-0.2, -0.15) is 5.26 Å². The van der Waals surface area contributed by atoms with Crippen LogP contribution in [0.1, 0.15) is 16.7 Å². The Labute approximate surface area is 141 Å². The quantitative estimate of drug-likeness (QED) is 0.479. The van der Waals surface area contributed by atoms with Crippen molar-refractivity contribution in [3.63, 3.8) is 0 Å². The van der Waals surface area contributed by atoms with Crippen molar-refractivity contribution >= 4 is 11.1 Å². The average Bonchev–Trinajstić information content (AvgIpc) is 2.98. The molecule has 0 unspecified atom stereocenters. The number of hydrogen-bond acceptors (Lipinski definition) is 2. The Balaban J connectivity index is 2.01. The van der Waals surface area contributed by atoms with Crippen LogP contribution in [0.25, 0.3) is 22.3 Å². The largest absolute Gasteiger partial charge is 0.497 e. The zero-order chi connectivity index (χ0) is 16.5. The molecule has 0 heterocycles. The van der Waals surface area contributed by atoms with Crippen molar-refractivity contribution < 1.29 is 4.74 Å². The lowest BCUT2D eigenvalue weighted by atomic mass is 9.94. The third-order valence-electron chi connectivity index (χ3n) is 4.42. The fourth-order valence-electron chi connectivity index (χ4n) is 3.31. The van der Waals surface area contributed by atoms with Crippen LogP contribution in [0.5, 0.6) is 5.75 Å². The van der Waals surface area contributed by atoms with E-state index >= 15 is 0 Å². The molecule has 1 aliphatic carbocycles. The zero-order valence-electron chi connectivity index (χ0n) is 13.3. The number of nitrogens with zero attached hydrogens (tertiary/aromatic N) is 1. The molecule has 114 valence electrons.